The molecule has 40 heavy (non-hydrogen) atoms. The summed E-state index contributed by atoms with van der Waals surface area (Å²) in [6.07, 6.45) is 0. The van der Waals surface area contributed by atoms with E-state index in [1.807, 2.05) is 98.8 Å². The molecule has 208 valence electrons. The van der Waals surface area contributed by atoms with E-state index in [0.717, 1.165) is 31.2 Å². The summed E-state index contributed by atoms with van der Waals surface area (Å²) in [6, 6.07) is 27.1. The molecule has 0 aliphatic rings. The lowest BCUT2D eigenvalue weighted by Gasteiger charge is -2.26. The first-order valence-corrected chi connectivity index (χ1v) is 14.6. The van der Waals surface area contributed by atoms with E-state index in [1.165, 1.54) is 0 Å². The largest absolute Gasteiger partial charge is 0.493 e. The van der Waals surface area contributed by atoms with Gasteiger partial charge in [-0.15, -0.1) is 0 Å². The van der Waals surface area contributed by atoms with Gasteiger partial charge >= 0.3 is 0 Å². The van der Waals surface area contributed by atoms with Crippen LogP contribution in [-0.4, -0.2) is 33.2 Å². The van der Waals surface area contributed by atoms with Gasteiger partial charge in [-0.3, -0.25) is 4.79 Å². The van der Waals surface area contributed by atoms with Crippen LogP contribution in [0.3, 0.4) is 0 Å². The van der Waals surface area contributed by atoms with Gasteiger partial charge in [-0.05, 0) is 84.6 Å². The Kier molecular flexibility index (Phi) is 10.3. The standard InChI is InChI=1S/C33H32Br2O5/c1-5-39-29-19-23(11-17-27(29)37-3)31(21-7-13-25(34)14-8-21)33(36)32(22-9-15-26(35)16-10-22)24-12-18-28(38-4)30(20-24)40-6-2/h7-20,31-32H,5-6H2,1-4H3. The summed E-state index contributed by atoms with van der Waals surface area (Å²) in [7, 11) is 3.22. The molecular weight excluding hydrogens is 636 g/mol. The molecule has 2 atom stereocenters. The van der Waals surface area contributed by atoms with Gasteiger partial charge in [-0.1, -0.05) is 68.3 Å². The molecule has 0 bridgehead atoms. The number of rotatable bonds is 12. The first-order valence-electron chi connectivity index (χ1n) is 13.1. The van der Waals surface area contributed by atoms with Crippen molar-refractivity contribution >= 4 is 37.6 Å². The molecule has 0 spiro atoms. The number of ketones is 1. The van der Waals surface area contributed by atoms with Gasteiger partial charge in [0.15, 0.2) is 28.8 Å². The maximum Gasteiger partial charge on any atom is 0.161 e. The quantitative estimate of drug-likeness (QED) is 0.152. The van der Waals surface area contributed by atoms with Crippen molar-refractivity contribution in [3.05, 3.63) is 116 Å². The van der Waals surface area contributed by atoms with Crippen molar-refractivity contribution in [1.82, 2.24) is 0 Å². The van der Waals surface area contributed by atoms with Gasteiger partial charge in [0.2, 0.25) is 0 Å². The Hall–Kier alpha value is -3.29. The molecule has 0 saturated carbocycles. The minimum Gasteiger partial charge on any atom is -0.493 e. The van der Waals surface area contributed by atoms with Crippen molar-refractivity contribution < 1.29 is 23.7 Å². The average Bonchev–Trinajstić information content (AvgIpc) is 2.96. The number of ether oxygens (including phenoxy) is 4. The fourth-order valence-electron chi connectivity index (χ4n) is 4.80. The normalized spacial score (nSPS) is 12.3. The lowest BCUT2D eigenvalue weighted by atomic mass is 9.77. The van der Waals surface area contributed by atoms with Gasteiger partial charge in [-0.25, -0.2) is 0 Å². The van der Waals surface area contributed by atoms with E-state index in [2.05, 4.69) is 31.9 Å². The number of hydrogen-bond acceptors (Lipinski definition) is 5. The van der Waals surface area contributed by atoms with Crippen LogP contribution >= 0.6 is 31.9 Å². The molecule has 0 aliphatic heterocycles. The first-order chi connectivity index (χ1) is 19.4. The lowest BCUT2D eigenvalue weighted by Crippen LogP contribution is -2.23. The van der Waals surface area contributed by atoms with Crippen LogP contribution in [0.15, 0.2) is 93.9 Å². The molecule has 5 nitrogen and oxygen atoms in total. The molecule has 0 N–H and O–H groups in total. The van der Waals surface area contributed by atoms with E-state index in [4.69, 9.17) is 18.9 Å². The molecule has 0 fully saturated rings. The summed E-state index contributed by atoms with van der Waals surface area (Å²) < 4.78 is 24.7. The number of Topliss-reactive ketones (excluding diaryl/α,β-unsaturated/α-hetero) is 1. The molecule has 0 aromatic heterocycles. The third-order valence-electron chi connectivity index (χ3n) is 6.62. The van der Waals surface area contributed by atoms with E-state index in [0.29, 0.717) is 36.2 Å². The van der Waals surface area contributed by atoms with Crippen LogP contribution in [0.5, 0.6) is 23.0 Å². The minimum atomic E-state index is -0.579. The molecule has 0 saturated heterocycles. The van der Waals surface area contributed by atoms with Gasteiger partial charge in [0.05, 0.1) is 39.3 Å². The second-order valence-corrected chi connectivity index (χ2v) is 10.9. The van der Waals surface area contributed by atoms with Crippen molar-refractivity contribution in [3.63, 3.8) is 0 Å². The number of hydrogen-bond donors (Lipinski definition) is 0. The maximum absolute atomic E-state index is 14.9. The fourth-order valence-corrected chi connectivity index (χ4v) is 5.33. The molecule has 4 aromatic carbocycles. The third-order valence-corrected chi connectivity index (χ3v) is 7.67. The van der Waals surface area contributed by atoms with E-state index in [9.17, 15) is 4.79 Å². The van der Waals surface area contributed by atoms with Crippen LogP contribution in [0.25, 0.3) is 0 Å². The van der Waals surface area contributed by atoms with Gasteiger partial charge in [0.25, 0.3) is 0 Å². The molecular formula is C33H32Br2O5. The summed E-state index contributed by atoms with van der Waals surface area (Å²) >= 11 is 7.07. The van der Waals surface area contributed by atoms with Crippen LogP contribution in [0.1, 0.15) is 47.9 Å². The van der Waals surface area contributed by atoms with Crippen LogP contribution in [0.4, 0.5) is 0 Å². The SMILES string of the molecule is CCOc1cc(C(C(=O)C(c2ccc(Br)cc2)c2ccc(OC)c(OCC)c2)c2ccc(Br)cc2)ccc1OC. The van der Waals surface area contributed by atoms with E-state index < -0.39 is 11.8 Å². The van der Waals surface area contributed by atoms with Gasteiger partial charge in [-0.2, -0.15) is 0 Å². The number of halogens is 2. The molecule has 4 rings (SSSR count). The molecule has 2 unspecified atom stereocenters. The average molecular weight is 668 g/mol. The van der Waals surface area contributed by atoms with Crippen molar-refractivity contribution in [2.75, 3.05) is 27.4 Å². The van der Waals surface area contributed by atoms with Crippen LogP contribution in [0, 0.1) is 0 Å². The first kappa shape index (κ1) is 29.7. The lowest BCUT2D eigenvalue weighted by molar-refractivity contribution is -0.120. The van der Waals surface area contributed by atoms with Crippen molar-refractivity contribution in [2.45, 2.75) is 25.7 Å². The molecule has 0 amide bonds. The molecule has 4 aromatic rings. The molecule has 0 aliphatic carbocycles. The fraction of sp³-hybridized carbons (Fsp3) is 0.242. The van der Waals surface area contributed by atoms with E-state index in [-0.39, 0.29) is 5.78 Å². The zero-order valence-corrected chi connectivity index (χ0v) is 26.1. The summed E-state index contributed by atoms with van der Waals surface area (Å²) in [5, 5.41) is 0. The Labute approximate surface area is 252 Å². The van der Waals surface area contributed by atoms with Crippen molar-refractivity contribution in [3.8, 4) is 23.0 Å². The Morgan fingerprint density at radius 3 is 1.25 bits per heavy atom. The molecule has 7 heteroatoms. The molecule has 0 heterocycles. The number of carbonyl (C=O) groups is 1. The highest BCUT2D eigenvalue weighted by molar-refractivity contribution is 9.10. The Balaban J connectivity index is 1.92. The Morgan fingerprint density at radius 2 is 0.925 bits per heavy atom. The highest BCUT2D eigenvalue weighted by Gasteiger charge is 2.33. The van der Waals surface area contributed by atoms with Crippen LogP contribution in [0.2, 0.25) is 0 Å². The second-order valence-electron chi connectivity index (χ2n) is 9.06. The zero-order valence-electron chi connectivity index (χ0n) is 22.9. The minimum absolute atomic E-state index is 0.0184. The van der Waals surface area contributed by atoms with Crippen molar-refractivity contribution in [1.29, 1.82) is 0 Å². The van der Waals surface area contributed by atoms with Gasteiger partial charge in [0.1, 0.15) is 0 Å². The predicted molar refractivity (Wildman–Crippen MR) is 165 cm³/mol. The monoisotopic (exact) mass is 666 g/mol. The molecule has 0 radical (unpaired) electrons. The zero-order chi connectivity index (χ0) is 28.6. The Morgan fingerprint density at radius 1 is 0.575 bits per heavy atom. The summed E-state index contributed by atoms with van der Waals surface area (Å²) in [5.41, 5.74) is 3.39. The number of benzene rings is 4. The Bertz CT molecular complexity index is 1330. The predicted octanol–water partition coefficient (Wildman–Crippen LogP) is 8.56. The van der Waals surface area contributed by atoms with E-state index >= 15 is 0 Å². The summed E-state index contributed by atoms with van der Waals surface area (Å²) in [5.74, 6) is 1.29. The van der Waals surface area contributed by atoms with Crippen LogP contribution < -0.4 is 18.9 Å². The highest BCUT2D eigenvalue weighted by atomic mass is 79.9. The smallest absolute Gasteiger partial charge is 0.161 e. The van der Waals surface area contributed by atoms with E-state index in [1.54, 1.807) is 14.2 Å². The van der Waals surface area contributed by atoms with Gasteiger partial charge in [0, 0.05) is 8.95 Å². The van der Waals surface area contributed by atoms with Crippen molar-refractivity contribution in [2.24, 2.45) is 0 Å². The maximum atomic E-state index is 14.9. The van der Waals surface area contributed by atoms with Crippen LogP contribution in [-0.2, 0) is 4.79 Å². The summed E-state index contributed by atoms with van der Waals surface area (Å²) in [6.45, 7) is 4.80. The number of methoxy groups -OCH3 is 2. The summed E-state index contributed by atoms with van der Waals surface area (Å²) in [4.78, 5) is 14.9. The third kappa shape index (κ3) is 6.70. The van der Waals surface area contributed by atoms with Gasteiger partial charge < -0.3 is 18.9 Å². The topological polar surface area (TPSA) is 54.0 Å². The second kappa shape index (κ2) is 13.9. The highest BCUT2D eigenvalue weighted by Crippen LogP contribution is 2.41. The number of carbonyl (C=O) groups excluding carboxylic acids is 1.